The Morgan fingerprint density at radius 2 is 1.45 bits per heavy atom. The topological polar surface area (TPSA) is 103 Å². The van der Waals surface area contributed by atoms with Crippen LogP contribution in [0.5, 0.6) is 17.2 Å². The van der Waals surface area contributed by atoms with E-state index in [2.05, 4.69) is 10.6 Å². The molecule has 8 nitrogen and oxygen atoms in total. The molecule has 0 aliphatic heterocycles. The van der Waals surface area contributed by atoms with Gasteiger partial charge in [-0.15, -0.1) is 11.3 Å². The summed E-state index contributed by atoms with van der Waals surface area (Å²) in [7, 11) is 0. The SMILES string of the molecule is CCOC(=O)c1c(NC(=O)c2ccc(O[C@@H](C)C(=O)Nc3ccc(Oc4ccccc4)cc3)cc2)sc(C)c1C. The number of anilines is 2. The van der Waals surface area contributed by atoms with Gasteiger partial charge in [0.2, 0.25) is 0 Å². The molecule has 0 saturated heterocycles. The lowest BCUT2D eigenvalue weighted by molar-refractivity contribution is -0.122. The van der Waals surface area contributed by atoms with Crippen LogP contribution in [-0.4, -0.2) is 30.5 Å². The molecule has 4 aromatic rings. The molecule has 0 aliphatic rings. The van der Waals surface area contributed by atoms with E-state index in [4.69, 9.17) is 14.2 Å². The number of benzene rings is 3. The fourth-order valence-corrected chi connectivity index (χ4v) is 4.80. The van der Waals surface area contributed by atoms with Gasteiger partial charge in [0.05, 0.1) is 12.2 Å². The van der Waals surface area contributed by atoms with E-state index in [1.807, 2.05) is 44.2 Å². The van der Waals surface area contributed by atoms with Crippen LogP contribution in [0.2, 0.25) is 0 Å². The van der Waals surface area contributed by atoms with Gasteiger partial charge in [0.25, 0.3) is 11.8 Å². The molecule has 9 heteroatoms. The number of thiophene rings is 1. The first-order valence-corrected chi connectivity index (χ1v) is 13.6. The Morgan fingerprint density at radius 3 is 2.10 bits per heavy atom. The summed E-state index contributed by atoms with van der Waals surface area (Å²) in [5, 5.41) is 6.08. The largest absolute Gasteiger partial charge is 0.481 e. The zero-order valence-corrected chi connectivity index (χ0v) is 23.5. The van der Waals surface area contributed by atoms with Crippen molar-refractivity contribution in [1.82, 2.24) is 0 Å². The molecule has 4 rings (SSSR count). The smallest absolute Gasteiger partial charge is 0.341 e. The Hall–Kier alpha value is -4.63. The fraction of sp³-hybridized carbons (Fsp3) is 0.194. The van der Waals surface area contributed by atoms with Gasteiger partial charge in [-0.05, 0) is 93.9 Å². The number of amides is 2. The minimum atomic E-state index is -0.788. The first-order chi connectivity index (χ1) is 19.2. The molecular formula is C31H30N2O6S. The van der Waals surface area contributed by atoms with Gasteiger partial charge in [-0.3, -0.25) is 9.59 Å². The van der Waals surface area contributed by atoms with Crippen molar-refractivity contribution in [2.45, 2.75) is 33.8 Å². The number of rotatable bonds is 10. The summed E-state index contributed by atoms with van der Waals surface area (Å²) in [5.74, 6) is 0.646. The van der Waals surface area contributed by atoms with Crippen LogP contribution in [0.4, 0.5) is 10.7 Å². The highest BCUT2D eigenvalue weighted by molar-refractivity contribution is 7.16. The Labute approximate surface area is 236 Å². The summed E-state index contributed by atoms with van der Waals surface area (Å²) in [5.41, 5.74) is 2.14. The molecule has 0 radical (unpaired) electrons. The number of hydrogen-bond acceptors (Lipinski definition) is 7. The molecule has 0 aliphatic carbocycles. The molecule has 206 valence electrons. The zero-order valence-electron chi connectivity index (χ0n) is 22.6. The average molecular weight is 559 g/mol. The molecule has 2 amide bonds. The molecular weight excluding hydrogens is 528 g/mol. The lowest BCUT2D eigenvalue weighted by atomic mass is 10.1. The number of aryl methyl sites for hydroxylation is 1. The minimum absolute atomic E-state index is 0.245. The summed E-state index contributed by atoms with van der Waals surface area (Å²) in [4.78, 5) is 38.9. The molecule has 0 spiro atoms. The first-order valence-electron chi connectivity index (χ1n) is 12.7. The maximum atomic E-state index is 12.9. The van der Waals surface area contributed by atoms with Crippen LogP contribution in [0.15, 0.2) is 78.9 Å². The number of carbonyl (C=O) groups excluding carboxylic acids is 3. The minimum Gasteiger partial charge on any atom is -0.481 e. The lowest BCUT2D eigenvalue weighted by Gasteiger charge is -2.15. The molecule has 0 saturated carbocycles. The summed E-state index contributed by atoms with van der Waals surface area (Å²) in [6.07, 6.45) is -0.788. The van der Waals surface area contributed by atoms with Crippen molar-refractivity contribution in [1.29, 1.82) is 0 Å². The van der Waals surface area contributed by atoms with Crippen LogP contribution in [0.1, 0.15) is 45.0 Å². The van der Waals surface area contributed by atoms with Gasteiger partial charge in [0, 0.05) is 16.1 Å². The van der Waals surface area contributed by atoms with E-state index in [9.17, 15) is 14.4 Å². The molecule has 0 fully saturated rings. The van der Waals surface area contributed by atoms with Gasteiger partial charge in [-0.25, -0.2) is 4.79 Å². The van der Waals surface area contributed by atoms with Gasteiger partial charge in [0.1, 0.15) is 22.2 Å². The monoisotopic (exact) mass is 558 g/mol. The highest BCUT2D eigenvalue weighted by Crippen LogP contribution is 2.33. The molecule has 1 atom stereocenters. The van der Waals surface area contributed by atoms with Crippen molar-refractivity contribution in [2.24, 2.45) is 0 Å². The molecule has 1 heterocycles. The fourth-order valence-electron chi connectivity index (χ4n) is 3.76. The predicted octanol–water partition coefficient (Wildman–Crippen LogP) is 6.99. The third-order valence-electron chi connectivity index (χ3n) is 5.99. The second-order valence-electron chi connectivity index (χ2n) is 8.88. The van der Waals surface area contributed by atoms with Crippen LogP contribution in [0.25, 0.3) is 0 Å². The van der Waals surface area contributed by atoms with Crippen molar-refractivity contribution < 1.29 is 28.6 Å². The maximum Gasteiger partial charge on any atom is 0.341 e. The number of nitrogens with one attached hydrogen (secondary N) is 2. The number of para-hydroxylation sites is 1. The first kappa shape index (κ1) is 28.4. The number of esters is 1. The summed E-state index contributed by atoms with van der Waals surface area (Å²) in [6.45, 7) is 7.33. The van der Waals surface area contributed by atoms with E-state index < -0.39 is 12.1 Å². The van der Waals surface area contributed by atoms with E-state index >= 15 is 0 Å². The second-order valence-corrected chi connectivity index (χ2v) is 10.1. The van der Waals surface area contributed by atoms with Crippen LogP contribution in [0.3, 0.4) is 0 Å². The summed E-state index contributed by atoms with van der Waals surface area (Å²) in [6, 6.07) is 22.9. The predicted molar refractivity (Wildman–Crippen MR) is 156 cm³/mol. The van der Waals surface area contributed by atoms with Crippen molar-refractivity contribution >= 4 is 39.8 Å². The lowest BCUT2D eigenvalue weighted by Crippen LogP contribution is -2.30. The van der Waals surface area contributed by atoms with Crippen LogP contribution in [0, 0.1) is 13.8 Å². The van der Waals surface area contributed by atoms with Crippen molar-refractivity contribution in [3.63, 3.8) is 0 Å². The molecule has 0 bridgehead atoms. The van der Waals surface area contributed by atoms with Gasteiger partial charge in [-0.2, -0.15) is 0 Å². The third-order valence-corrected chi connectivity index (χ3v) is 7.11. The van der Waals surface area contributed by atoms with Gasteiger partial charge in [-0.1, -0.05) is 18.2 Å². The molecule has 3 aromatic carbocycles. The molecule has 1 aromatic heterocycles. The highest BCUT2D eigenvalue weighted by atomic mass is 32.1. The van der Waals surface area contributed by atoms with E-state index in [1.165, 1.54) is 11.3 Å². The highest BCUT2D eigenvalue weighted by Gasteiger charge is 2.22. The number of hydrogen-bond donors (Lipinski definition) is 2. The van der Waals surface area contributed by atoms with Crippen molar-refractivity contribution in [3.8, 4) is 17.2 Å². The van der Waals surface area contributed by atoms with Crippen LogP contribution >= 0.6 is 11.3 Å². The van der Waals surface area contributed by atoms with Gasteiger partial charge >= 0.3 is 5.97 Å². The van der Waals surface area contributed by atoms with Gasteiger partial charge < -0.3 is 24.8 Å². The Bertz CT molecular complexity index is 1480. The molecule has 2 N–H and O–H groups in total. The van der Waals surface area contributed by atoms with E-state index in [0.717, 1.165) is 16.2 Å². The van der Waals surface area contributed by atoms with E-state index in [-0.39, 0.29) is 18.4 Å². The number of ether oxygens (including phenoxy) is 3. The molecule has 0 unspecified atom stereocenters. The standard InChI is InChI=1S/C31H30N2O6S/c1-5-37-31(36)27-19(2)21(4)40-30(27)33-29(35)22-11-15-25(16-12-22)38-20(3)28(34)32-23-13-17-26(18-14-23)39-24-9-7-6-8-10-24/h6-18,20H,5H2,1-4H3,(H,32,34)(H,33,35)/t20-/m0/s1. The van der Waals surface area contributed by atoms with Crippen molar-refractivity contribution in [2.75, 3.05) is 17.2 Å². The second kappa shape index (κ2) is 12.9. The Kier molecular flexibility index (Phi) is 9.19. The summed E-state index contributed by atoms with van der Waals surface area (Å²) >= 11 is 1.33. The normalized spacial score (nSPS) is 11.3. The van der Waals surface area contributed by atoms with Crippen LogP contribution in [-0.2, 0) is 9.53 Å². The third kappa shape index (κ3) is 7.06. The van der Waals surface area contributed by atoms with E-state index in [1.54, 1.807) is 62.4 Å². The van der Waals surface area contributed by atoms with Crippen LogP contribution < -0.4 is 20.1 Å². The average Bonchev–Trinajstić information content (AvgIpc) is 3.23. The Balaban J connectivity index is 1.32. The maximum absolute atomic E-state index is 12.9. The van der Waals surface area contributed by atoms with E-state index in [0.29, 0.717) is 33.3 Å². The molecule has 40 heavy (non-hydrogen) atoms. The number of carbonyl (C=O) groups is 3. The van der Waals surface area contributed by atoms with Crippen molar-refractivity contribution in [3.05, 3.63) is 100 Å². The Morgan fingerprint density at radius 1 is 0.825 bits per heavy atom. The summed E-state index contributed by atoms with van der Waals surface area (Å²) < 4.78 is 16.7. The quantitative estimate of drug-likeness (QED) is 0.203. The zero-order chi connectivity index (χ0) is 28.6. The van der Waals surface area contributed by atoms with Gasteiger partial charge in [0.15, 0.2) is 6.10 Å².